The summed E-state index contributed by atoms with van der Waals surface area (Å²) in [6.07, 6.45) is 2.16. The van der Waals surface area contributed by atoms with Gasteiger partial charge in [-0.05, 0) is 24.8 Å². The molecule has 0 aliphatic carbocycles. The van der Waals surface area contributed by atoms with Gasteiger partial charge >= 0.3 is 17.9 Å². The van der Waals surface area contributed by atoms with Gasteiger partial charge in [0.2, 0.25) is 0 Å². The molecule has 0 saturated carbocycles. The topological polar surface area (TPSA) is 177 Å². The highest BCUT2D eigenvalue weighted by Gasteiger charge is 2.24. The molecule has 13 heteroatoms. The molecule has 0 aromatic heterocycles. The Balaban J connectivity index is 2.09. The first-order valence-corrected chi connectivity index (χ1v) is 11.9. The summed E-state index contributed by atoms with van der Waals surface area (Å²) >= 11 is 0. The third kappa shape index (κ3) is 11.1. The number of benzene rings is 1. The van der Waals surface area contributed by atoms with Crippen molar-refractivity contribution in [3.63, 3.8) is 0 Å². The molecule has 0 radical (unpaired) electrons. The van der Waals surface area contributed by atoms with Crippen LogP contribution in [-0.2, 0) is 20.8 Å². The second-order valence-corrected chi connectivity index (χ2v) is 8.87. The lowest BCUT2D eigenvalue weighted by molar-refractivity contribution is -0.384. The van der Waals surface area contributed by atoms with Gasteiger partial charge < -0.3 is 20.6 Å². The number of hydrogen-bond acceptors (Lipinski definition) is 9. The fourth-order valence-electron chi connectivity index (χ4n) is 4.31. The van der Waals surface area contributed by atoms with Crippen LogP contribution in [0.1, 0.15) is 18.4 Å². The second-order valence-electron chi connectivity index (χ2n) is 8.87. The van der Waals surface area contributed by atoms with E-state index in [-0.39, 0.29) is 31.4 Å². The van der Waals surface area contributed by atoms with Gasteiger partial charge in [0.25, 0.3) is 5.69 Å². The molecular weight excluding hydrogens is 474 g/mol. The predicted octanol–water partition coefficient (Wildman–Crippen LogP) is 0.0491. The summed E-state index contributed by atoms with van der Waals surface area (Å²) in [7, 11) is 0. The van der Waals surface area contributed by atoms with E-state index < -0.39 is 22.8 Å². The van der Waals surface area contributed by atoms with E-state index in [4.69, 9.17) is 5.11 Å². The molecule has 1 aliphatic rings. The molecule has 2 rings (SSSR count). The van der Waals surface area contributed by atoms with Crippen molar-refractivity contribution < 1.29 is 34.6 Å². The minimum Gasteiger partial charge on any atom is -0.480 e. The van der Waals surface area contributed by atoms with Crippen LogP contribution < -0.4 is 5.32 Å². The van der Waals surface area contributed by atoms with Crippen LogP contribution in [0.25, 0.3) is 0 Å². The average molecular weight is 510 g/mol. The lowest BCUT2D eigenvalue weighted by Gasteiger charge is -2.33. The van der Waals surface area contributed by atoms with Gasteiger partial charge in [-0.25, -0.2) is 0 Å². The molecule has 1 heterocycles. The van der Waals surface area contributed by atoms with Crippen LogP contribution in [0.2, 0.25) is 0 Å². The summed E-state index contributed by atoms with van der Waals surface area (Å²) in [5, 5.41) is 41.4. The van der Waals surface area contributed by atoms with Crippen molar-refractivity contribution in [3.05, 3.63) is 39.9 Å². The fraction of sp³-hybridized carbons (Fsp3) is 0.609. The number of carboxylic acid groups (broad SMARTS) is 3. The summed E-state index contributed by atoms with van der Waals surface area (Å²) in [5.41, 5.74) is 0.991. The number of nitrogens with zero attached hydrogens (tertiary/aromatic N) is 4. The predicted molar refractivity (Wildman–Crippen MR) is 130 cm³/mol. The van der Waals surface area contributed by atoms with Crippen LogP contribution in [0.15, 0.2) is 24.3 Å². The number of non-ortho nitro benzene ring substituents is 1. The summed E-state index contributed by atoms with van der Waals surface area (Å²) in [6, 6.07) is 6.33. The van der Waals surface area contributed by atoms with E-state index in [0.29, 0.717) is 58.7 Å². The Hall–Kier alpha value is -3.13. The van der Waals surface area contributed by atoms with E-state index in [9.17, 15) is 34.7 Å². The first kappa shape index (κ1) is 29.1. The quantitative estimate of drug-likeness (QED) is 0.196. The fourth-order valence-corrected chi connectivity index (χ4v) is 4.31. The van der Waals surface area contributed by atoms with Crippen LogP contribution in [0.5, 0.6) is 0 Å². The summed E-state index contributed by atoms with van der Waals surface area (Å²) in [5.74, 6) is -2.87. The Kier molecular flexibility index (Phi) is 12.2. The molecule has 4 N–H and O–H groups in total. The number of aryl methyl sites for hydroxylation is 1. The van der Waals surface area contributed by atoms with Gasteiger partial charge in [-0.1, -0.05) is 12.1 Å². The number of nitro groups is 1. The third-order valence-electron chi connectivity index (χ3n) is 6.18. The molecule has 1 aromatic rings. The standard InChI is InChI=1S/C23H35N5O8/c29-21(30)15-24-14-20(3-1-2-18-4-6-19(7-5-18)28(35)36)27-12-10-25(16-22(31)32)8-9-26(11-13-27)17-23(33)34/h4-7,20,24H,1-3,8-17H2,(H,29,30)(H,31,32)(H,33,34). The van der Waals surface area contributed by atoms with E-state index in [1.54, 1.807) is 21.9 Å². The van der Waals surface area contributed by atoms with E-state index >= 15 is 0 Å². The maximum absolute atomic E-state index is 11.3. The molecule has 200 valence electrons. The molecule has 13 nitrogen and oxygen atoms in total. The number of hydrogen-bond donors (Lipinski definition) is 4. The number of nitrogens with one attached hydrogen (secondary N) is 1. The van der Waals surface area contributed by atoms with Crippen molar-refractivity contribution in [2.75, 3.05) is 65.4 Å². The van der Waals surface area contributed by atoms with Crippen molar-refractivity contribution in [1.29, 1.82) is 0 Å². The van der Waals surface area contributed by atoms with Crippen molar-refractivity contribution in [2.24, 2.45) is 0 Å². The van der Waals surface area contributed by atoms with Crippen LogP contribution >= 0.6 is 0 Å². The van der Waals surface area contributed by atoms with Crippen molar-refractivity contribution in [2.45, 2.75) is 25.3 Å². The van der Waals surface area contributed by atoms with Gasteiger partial charge in [-0.3, -0.25) is 39.2 Å². The molecule has 36 heavy (non-hydrogen) atoms. The minimum absolute atomic E-state index is 0.0306. The van der Waals surface area contributed by atoms with E-state index in [2.05, 4.69) is 10.2 Å². The zero-order valence-corrected chi connectivity index (χ0v) is 20.3. The van der Waals surface area contributed by atoms with E-state index in [0.717, 1.165) is 12.0 Å². The molecular formula is C23H35N5O8. The normalized spacial score (nSPS) is 17.0. The molecule has 1 aliphatic heterocycles. The van der Waals surface area contributed by atoms with Gasteiger partial charge in [0.05, 0.1) is 24.6 Å². The first-order chi connectivity index (χ1) is 17.1. The highest BCUT2D eigenvalue weighted by molar-refractivity contribution is 5.69. The maximum Gasteiger partial charge on any atom is 0.317 e. The number of carbonyl (C=O) groups is 3. The number of rotatable bonds is 14. The smallest absolute Gasteiger partial charge is 0.317 e. The highest BCUT2D eigenvalue weighted by Crippen LogP contribution is 2.16. The van der Waals surface area contributed by atoms with Crippen LogP contribution in [-0.4, -0.2) is 124 Å². The Morgan fingerprint density at radius 2 is 1.42 bits per heavy atom. The van der Waals surface area contributed by atoms with Gasteiger partial charge in [0.1, 0.15) is 0 Å². The first-order valence-electron chi connectivity index (χ1n) is 11.9. The van der Waals surface area contributed by atoms with Crippen molar-refractivity contribution >= 4 is 23.6 Å². The summed E-state index contributed by atoms with van der Waals surface area (Å²) < 4.78 is 0. The van der Waals surface area contributed by atoms with Gasteiger partial charge in [0.15, 0.2) is 0 Å². The Labute approximate surface area is 209 Å². The summed E-state index contributed by atoms with van der Waals surface area (Å²) in [6.45, 7) is 2.91. The third-order valence-corrected chi connectivity index (χ3v) is 6.18. The van der Waals surface area contributed by atoms with Crippen LogP contribution in [0.3, 0.4) is 0 Å². The molecule has 0 spiro atoms. The maximum atomic E-state index is 11.3. The Morgan fingerprint density at radius 3 is 1.89 bits per heavy atom. The van der Waals surface area contributed by atoms with Crippen molar-refractivity contribution in [3.8, 4) is 0 Å². The molecule has 1 unspecified atom stereocenters. The highest BCUT2D eigenvalue weighted by atomic mass is 16.6. The Morgan fingerprint density at radius 1 is 0.889 bits per heavy atom. The van der Waals surface area contributed by atoms with E-state index in [1.165, 1.54) is 12.1 Å². The van der Waals surface area contributed by atoms with Gasteiger partial charge in [0, 0.05) is 64.0 Å². The van der Waals surface area contributed by atoms with Crippen molar-refractivity contribution in [1.82, 2.24) is 20.0 Å². The van der Waals surface area contributed by atoms with Crippen LogP contribution in [0.4, 0.5) is 5.69 Å². The zero-order valence-electron chi connectivity index (χ0n) is 20.3. The van der Waals surface area contributed by atoms with Crippen LogP contribution in [0, 0.1) is 10.1 Å². The monoisotopic (exact) mass is 509 g/mol. The van der Waals surface area contributed by atoms with E-state index in [1.807, 2.05) is 0 Å². The molecule has 0 bridgehead atoms. The molecule has 1 saturated heterocycles. The zero-order chi connectivity index (χ0) is 26.5. The molecule has 1 fully saturated rings. The number of carboxylic acids is 3. The lowest BCUT2D eigenvalue weighted by Crippen LogP contribution is -2.48. The minimum atomic E-state index is -0.968. The largest absolute Gasteiger partial charge is 0.480 e. The average Bonchev–Trinajstić information content (AvgIpc) is 2.89. The summed E-state index contributed by atoms with van der Waals surface area (Å²) in [4.78, 5) is 49.8. The number of nitro benzene ring substituents is 1. The Bertz CT molecular complexity index is 854. The van der Waals surface area contributed by atoms with Gasteiger partial charge in [-0.15, -0.1) is 0 Å². The number of aliphatic carboxylic acids is 3. The van der Waals surface area contributed by atoms with Gasteiger partial charge in [-0.2, -0.15) is 0 Å². The SMILES string of the molecule is O=C(O)CNCC(CCCc1ccc([N+](=O)[O-])cc1)N1CCN(CC(=O)O)CCN(CC(=O)O)CC1. The second kappa shape index (κ2) is 15.1. The molecule has 1 atom stereocenters. The molecule has 0 amide bonds. The molecule has 1 aromatic carbocycles. The lowest BCUT2D eigenvalue weighted by atomic mass is 10.0.